The summed E-state index contributed by atoms with van der Waals surface area (Å²) < 4.78 is 31.8. The summed E-state index contributed by atoms with van der Waals surface area (Å²) in [6, 6.07) is 2.59. The number of aromatic nitrogens is 2. The molecule has 32 heavy (non-hydrogen) atoms. The Balaban J connectivity index is 1.61. The smallest absolute Gasteiger partial charge is 0.256 e. The molecule has 0 unspecified atom stereocenters. The second kappa shape index (κ2) is 9.15. The number of carbonyl (C=O) groups is 2. The van der Waals surface area contributed by atoms with Gasteiger partial charge in [-0.25, -0.2) is 13.8 Å². The Bertz CT molecular complexity index is 1100. The van der Waals surface area contributed by atoms with Crippen LogP contribution >= 0.6 is 0 Å². The molecule has 1 fully saturated rings. The zero-order chi connectivity index (χ0) is 22.8. The summed E-state index contributed by atoms with van der Waals surface area (Å²) >= 11 is 0. The second-order valence-electron chi connectivity index (χ2n) is 8.01. The second-order valence-corrected chi connectivity index (χ2v) is 8.01. The summed E-state index contributed by atoms with van der Waals surface area (Å²) in [5.74, 6) is -2.36. The first kappa shape index (κ1) is 22.1. The lowest BCUT2D eigenvalue weighted by Crippen LogP contribution is -2.43. The SMILES string of the molecule is COCC(=O)N1CCc2nc([C@H]3CCCCN3C(=O)c3ccc(F)c(F)c3)[nH]c(=O)c2C1. The van der Waals surface area contributed by atoms with Crippen molar-refractivity contribution in [1.82, 2.24) is 19.8 Å². The van der Waals surface area contributed by atoms with Crippen LogP contribution in [-0.4, -0.2) is 58.4 Å². The van der Waals surface area contributed by atoms with Gasteiger partial charge in [0.15, 0.2) is 11.6 Å². The van der Waals surface area contributed by atoms with Crippen LogP contribution in [0.25, 0.3) is 0 Å². The molecule has 2 aliphatic rings. The van der Waals surface area contributed by atoms with Crippen LogP contribution in [0.15, 0.2) is 23.0 Å². The van der Waals surface area contributed by atoms with E-state index in [1.807, 2.05) is 0 Å². The fourth-order valence-electron chi connectivity index (χ4n) is 4.28. The molecule has 0 radical (unpaired) electrons. The first-order valence-electron chi connectivity index (χ1n) is 10.5. The number of fused-ring (bicyclic) bond motifs is 1. The summed E-state index contributed by atoms with van der Waals surface area (Å²) in [6.45, 7) is 0.944. The first-order valence-corrected chi connectivity index (χ1v) is 10.5. The topological polar surface area (TPSA) is 95.6 Å². The van der Waals surface area contributed by atoms with Crippen LogP contribution in [0.1, 0.15) is 52.7 Å². The van der Waals surface area contributed by atoms with E-state index in [0.29, 0.717) is 43.0 Å². The number of aromatic amines is 1. The van der Waals surface area contributed by atoms with E-state index >= 15 is 0 Å². The molecule has 8 nitrogen and oxygen atoms in total. The van der Waals surface area contributed by atoms with E-state index < -0.39 is 23.6 Å². The third-order valence-electron chi connectivity index (χ3n) is 5.95. The Hall–Kier alpha value is -3.14. The molecule has 1 N–H and O–H groups in total. The molecule has 2 aliphatic heterocycles. The third-order valence-corrected chi connectivity index (χ3v) is 5.95. The van der Waals surface area contributed by atoms with Crippen LogP contribution in [0.2, 0.25) is 0 Å². The highest BCUT2D eigenvalue weighted by molar-refractivity contribution is 5.94. The number of hydrogen-bond donors (Lipinski definition) is 1. The van der Waals surface area contributed by atoms with Gasteiger partial charge in [-0.3, -0.25) is 14.4 Å². The monoisotopic (exact) mass is 446 g/mol. The molecule has 0 aliphatic carbocycles. The predicted molar refractivity (Wildman–Crippen MR) is 110 cm³/mol. The van der Waals surface area contributed by atoms with Crippen LogP contribution in [0.4, 0.5) is 8.78 Å². The van der Waals surface area contributed by atoms with E-state index in [0.717, 1.165) is 25.0 Å². The average molecular weight is 446 g/mol. The lowest BCUT2D eigenvalue weighted by atomic mass is 9.99. The van der Waals surface area contributed by atoms with Crippen molar-refractivity contribution in [3.8, 4) is 0 Å². The van der Waals surface area contributed by atoms with E-state index in [2.05, 4.69) is 9.97 Å². The van der Waals surface area contributed by atoms with Gasteiger partial charge in [0.2, 0.25) is 5.91 Å². The summed E-state index contributed by atoms with van der Waals surface area (Å²) in [5, 5.41) is 0. The molecule has 1 aromatic carbocycles. The number of ether oxygens (including phenoxy) is 1. The first-order chi connectivity index (χ1) is 15.4. The molecule has 4 rings (SSSR count). The largest absolute Gasteiger partial charge is 0.375 e. The summed E-state index contributed by atoms with van der Waals surface area (Å²) in [5.41, 5.74) is 0.740. The van der Waals surface area contributed by atoms with E-state index in [4.69, 9.17) is 4.74 Å². The van der Waals surface area contributed by atoms with Crippen LogP contribution in [-0.2, 0) is 22.5 Å². The van der Waals surface area contributed by atoms with Gasteiger partial charge in [-0.1, -0.05) is 0 Å². The maximum absolute atomic E-state index is 13.7. The van der Waals surface area contributed by atoms with Gasteiger partial charge in [-0.05, 0) is 37.5 Å². The van der Waals surface area contributed by atoms with Crippen molar-refractivity contribution >= 4 is 11.8 Å². The number of halogens is 2. The van der Waals surface area contributed by atoms with Crippen molar-refractivity contribution in [1.29, 1.82) is 0 Å². The quantitative estimate of drug-likeness (QED) is 0.775. The number of likely N-dealkylation sites (tertiary alicyclic amines) is 1. The van der Waals surface area contributed by atoms with Crippen LogP contribution in [0, 0.1) is 11.6 Å². The van der Waals surface area contributed by atoms with Crippen molar-refractivity contribution in [3.63, 3.8) is 0 Å². The Labute approximate surface area is 183 Å². The van der Waals surface area contributed by atoms with E-state index in [-0.39, 0.29) is 30.2 Å². The molecule has 10 heteroatoms. The van der Waals surface area contributed by atoms with E-state index in [1.165, 1.54) is 13.2 Å². The zero-order valence-electron chi connectivity index (χ0n) is 17.7. The van der Waals surface area contributed by atoms with Gasteiger partial charge in [0, 0.05) is 32.2 Å². The van der Waals surface area contributed by atoms with Crippen LogP contribution in [0.5, 0.6) is 0 Å². The fourth-order valence-corrected chi connectivity index (χ4v) is 4.28. The number of nitrogens with one attached hydrogen (secondary N) is 1. The standard InChI is InChI=1S/C22H24F2N4O4/c1-32-12-19(29)27-9-7-17-14(11-27)21(30)26-20(25-17)18-4-2-3-8-28(18)22(31)13-5-6-15(23)16(24)10-13/h5-6,10,18H,2-4,7-9,11-12H2,1H3,(H,25,26,30)/t18-/m1/s1. The Morgan fingerprint density at radius 2 is 2.03 bits per heavy atom. The van der Waals surface area contributed by atoms with E-state index in [1.54, 1.807) is 9.80 Å². The minimum atomic E-state index is -1.09. The van der Waals surface area contributed by atoms with Crippen molar-refractivity contribution in [2.75, 3.05) is 26.8 Å². The zero-order valence-corrected chi connectivity index (χ0v) is 17.7. The lowest BCUT2D eigenvalue weighted by Gasteiger charge is -2.36. The number of benzene rings is 1. The molecule has 0 bridgehead atoms. The molecule has 1 atom stereocenters. The molecule has 2 aromatic rings. The molecule has 1 aromatic heterocycles. The average Bonchev–Trinajstić information content (AvgIpc) is 2.80. The summed E-state index contributed by atoms with van der Waals surface area (Å²) in [4.78, 5) is 48.5. The molecular weight excluding hydrogens is 422 g/mol. The van der Waals surface area contributed by atoms with E-state index in [9.17, 15) is 23.2 Å². The fraction of sp³-hybridized carbons (Fsp3) is 0.455. The molecular formula is C22H24F2N4O4. The maximum Gasteiger partial charge on any atom is 0.256 e. The Morgan fingerprint density at radius 3 is 2.78 bits per heavy atom. The highest BCUT2D eigenvalue weighted by Crippen LogP contribution is 2.31. The number of methoxy groups -OCH3 is 1. The van der Waals surface area contributed by atoms with Crippen molar-refractivity contribution in [2.45, 2.75) is 38.3 Å². The number of H-pyrrole nitrogens is 1. The molecule has 1 saturated heterocycles. The van der Waals surface area contributed by atoms with Gasteiger partial charge in [0.25, 0.3) is 11.5 Å². The minimum absolute atomic E-state index is 0.0448. The van der Waals surface area contributed by atoms with Gasteiger partial charge >= 0.3 is 0 Å². The number of carbonyl (C=O) groups excluding carboxylic acids is 2. The van der Waals surface area contributed by atoms with Crippen LogP contribution in [0.3, 0.4) is 0 Å². The molecule has 2 amide bonds. The lowest BCUT2D eigenvalue weighted by molar-refractivity contribution is -0.136. The maximum atomic E-state index is 13.7. The number of amides is 2. The normalized spacial score (nSPS) is 18.4. The number of nitrogens with zero attached hydrogens (tertiary/aromatic N) is 3. The Morgan fingerprint density at radius 1 is 1.22 bits per heavy atom. The summed E-state index contributed by atoms with van der Waals surface area (Å²) in [6.07, 6.45) is 2.62. The van der Waals surface area contributed by atoms with Gasteiger partial charge in [-0.15, -0.1) is 0 Å². The molecule has 0 saturated carbocycles. The summed E-state index contributed by atoms with van der Waals surface area (Å²) in [7, 11) is 1.44. The van der Waals surface area contributed by atoms with Gasteiger partial charge in [0.05, 0.1) is 23.8 Å². The minimum Gasteiger partial charge on any atom is -0.375 e. The predicted octanol–water partition coefficient (Wildman–Crippen LogP) is 1.95. The molecule has 3 heterocycles. The van der Waals surface area contributed by atoms with Crippen molar-refractivity contribution in [2.24, 2.45) is 0 Å². The number of hydrogen-bond acceptors (Lipinski definition) is 5. The van der Waals surface area contributed by atoms with Gasteiger partial charge < -0.3 is 19.5 Å². The number of rotatable bonds is 4. The molecule has 0 spiro atoms. The highest BCUT2D eigenvalue weighted by Gasteiger charge is 2.32. The number of piperidine rings is 1. The van der Waals surface area contributed by atoms with Gasteiger partial charge in [-0.2, -0.15) is 0 Å². The van der Waals surface area contributed by atoms with Gasteiger partial charge in [0.1, 0.15) is 12.4 Å². The third kappa shape index (κ3) is 4.27. The Kier molecular flexibility index (Phi) is 6.31. The molecule has 170 valence electrons. The van der Waals surface area contributed by atoms with Crippen LogP contribution < -0.4 is 5.56 Å². The highest BCUT2D eigenvalue weighted by atomic mass is 19.2. The van der Waals surface area contributed by atoms with Crippen molar-refractivity contribution in [3.05, 3.63) is 62.8 Å². The van der Waals surface area contributed by atoms with Crippen molar-refractivity contribution < 1.29 is 23.1 Å².